The normalized spacial score (nSPS) is 38.3. The van der Waals surface area contributed by atoms with Crippen molar-refractivity contribution in [1.29, 1.82) is 0 Å². The third-order valence-electron chi connectivity index (χ3n) is 1.19. The largest absolute Gasteiger partial charge is 0.389 e. The molecule has 1 saturated heterocycles. The van der Waals surface area contributed by atoms with E-state index in [0.29, 0.717) is 4.90 Å². The van der Waals surface area contributed by atoms with Crippen LogP contribution >= 0.6 is 15.9 Å². The van der Waals surface area contributed by atoms with Crippen LogP contribution in [0.2, 0.25) is 0 Å². The van der Waals surface area contributed by atoms with Gasteiger partial charge in [0.1, 0.15) is 5.82 Å². The van der Waals surface area contributed by atoms with E-state index in [0.717, 1.165) is 0 Å². The van der Waals surface area contributed by atoms with Crippen LogP contribution in [0.4, 0.5) is 5.82 Å². The van der Waals surface area contributed by atoms with Crippen LogP contribution in [0.5, 0.6) is 0 Å². The maximum atomic E-state index is 9.57. The first-order valence-corrected chi connectivity index (χ1v) is 3.82. The fraction of sp³-hybridized carbons (Fsp3) is 0.375. The van der Waals surface area contributed by atoms with Crippen molar-refractivity contribution in [3.63, 3.8) is 0 Å². The zero-order valence-electron chi connectivity index (χ0n) is 13.7. The van der Waals surface area contributed by atoms with Gasteiger partial charge in [-0.15, -0.1) is 0 Å². The number of rotatable bonds is 1. The summed E-state index contributed by atoms with van der Waals surface area (Å²) in [6.07, 6.45) is -3.51. The molecule has 0 spiro atoms. The number of pyridine rings is 1. The molecule has 0 bridgehead atoms. The predicted molar refractivity (Wildman–Crippen MR) is 50.2 cm³/mol. The van der Waals surface area contributed by atoms with Gasteiger partial charge in [-0.1, -0.05) is 0 Å². The van der Waals surface area contributed by atoms with Crippen LogP contribution in [-0.2, 0) is 0 Å². The van der Waals surface area contributed by atoms with Crippen molar-refractivity contribution in [2.45, 2.75) is 6.08 Å². The number of hydrogen-bond acceptors (Lipinski definition) is 3. The van der Waals surface area contributed by atoms with Crippen LogP contribution in [-0.4, -0.2) is 29.2 Å². The number of anilines is 1. The van der Waals surface area contributed by atoms with Gasteiger partial charge in [0.25, 0.3) is 0 Å². The first-order valence-electron chi connectivity index (χ1n) is 7.03. The Morgan fingerprint density at radius 3 is 3.33 bits per heavy atom. The van der Waals surface area contributed by atoms with Crippen molar-refractivity contribution in [3.05, 3.63) is 22.7 Å². The number of nitrogens with zero attached hydrogens (tertiary/aromatic N) is 2. The molecule has 2 rings (SSSR count). The second-order valence-corrected chi connectivity index (χ2v) is 2.81. The lowest BCUT2D eigenvalue weighted by Gasteiger charge is -2.36. The van der Waals surface area contributed by atoms with Crippen molar-refractivity contribution >= 4 is 21.7 Å². The van der Waals surface area contributed by atoms with Gasteiger partial charge in [0.05, 0.1) is 17.0 Å². The molecule has 0 aromatic carbocycles. The average Bonchev–Trinajstić information content (AvgIpc) is 2.32. The van der Waals surface area contributed by atoms with Crippen LogP contribution in [0.1, 0.15) is 11.0 Å². The van der Waals surface area contributed by atoms with Crippen LogP contribution in [0.15, 0.2) is 22.7 Å². The summed E-state index contributed by atoms with van der Waals surface area (Å²) in [5, 5.41) is 9.57. The Kier molecular flexibility index (Phi) is 0.747. The number of aromatic nitrogens is 1. The van der Waals surface area contributed by atoms with Gasteiger partial charge in [-0.3, -0.25) is 0 Å². The molecule has 1 aliphatic rings. The minimum atomic E-state index is -3.05. The summed E-state index contributed by atoms with van der Waals surface area (Å²) < 4.78 is 60.4. The van der Waals surface area contributed by atoms with Gasteiger partial charge in [-0.25, -0.2) is 4.98 Å². The van der Waals surface area contributed by atoms with E-state index >= 15 is 0 Å². The maximum absolute atomic E-state index is 9.57. The van der Waals surface area contributed by atoms with Crippen LogP contribution in [0.3, 0.4) is 0 Å². The third-order valence-corrected chi connectivity index (χ3v) is 1.57. The molecule has 64 valence electrons. The quantitative estimate of drug-likeness (QED) is 0.792. The fourth-order valence-electron chi connectivity index (χ4n) is 0.692. The Balaban J connectivity index is 2.65. The Bertz CT molecular complexity index is 574. The highest BCUT2D eigenvalue weighted by Crippen LogP contribution is 2.19. The average molecular weight is 237 g/mol. The van der Waals surface area contributed by atoms with Crippen molar-refractivity contribution in [2.75, 3.05) is 17.9 Å². The van der Waals surface area contributed by atoms with E-state index in [9.17, 15) is 5.11 Å². The van der Waals surface area contributed by atoms with Gasteiger partial charge in [0.2, 0.25) is 0 Å². The number of aliphatic hydroxyl groups is 1. The lowest BCUT2D eigenvalue weighted by atomic mass is 10.2. The number of halogens is 1. The molecule has 0 atom stereocenters. The standard InChI is InChI=1S/C8H9BrN2O/c9-6-1-2-8(10-3-6)11-4-7(12)5-11/h1-3,7,12H,4-5H2/i1D,2D,3D,4D2,5D2,7D. The Hall–Kier alpha value is -0.610. The van der Waals surface area contributed by atoms with E-state index in [4.69, 9.17) is 11.0 Å². The SMILES string of the molecule is [2H]c1nc(N2C([2H])([2H])C([2H])(O)C2([2H])[2H])c([2H])c([2H])c1Br. The molecule has 0 radical (unpaired) electrons. The summed E-state index contributed by atoms with van der Waals surface area (Å²) in [4.78, 5) is 3.88. The molecular weight excluding hydrogens is 220 g/mol. The van der Waals surface area contributed by atoms with Crippen LogP contribution in [0, 0.1) is 0 Å². The molecule has 1 fully saturated rings. The molecule has 1 aliphatic heterocycles. The molecule has 4 heteroatoms. The van der Waals surface area contributed by atoms with Crippen molar-refractivity contribution in [1.82, 2.24) is 4.98 Å². The molecule has 0 aliphatic carbocycles. The Morgan fingerprint density at radius 2 is 2.58 bits per heavy atom. The van der Waals surface area contributed by atoms with Gasteiger partial charge in [-0.2, -0.15) is 0 Å². The second kappa shape index (κ2) is 3.03. The van der Waals surface area contributed by atoms with Gasteiger partial charge < -0.3 is 10.0 Å². The van der Waals surface area contributed by atoms with E-state index in [1.807, 2.05) is 0 Å². The van der Waals surface area contributed by atoms with E-state index in [1.54, 1.807) is 0 Å². The minimum absolute atomic E-state index is 0.0750. The molecular formula is C8H9BrN2O. The molecule has 0 amide bonds. The zero-order chi connectivity index (χ0) is 15.7. The zero-order valence-corrected chi connectivity index (χ0v) is 7.31. The van der Waals surface area contributed by atoms with E-state index < -0.39 is 43.1 Å². The monoisotopic (exact) mass is 236 g/mol. The molecule has 12 heavy (non-hydrogen) atoms. The molecule has 1 aromatic heterocycles. The second-order valence-electron chi connectivity index (χ2n) is 2.02. The number of β-amino-alcohol motifs (C(OH)–C–C–N with tert-alkyl or cyclic N) is 1. The lowest BCUT2D eigenvalue weighted by Crippen LogP contribution is -2.51. The highest BCUT2D eigenvalue weighted by atomic mass is 79.9. The summed E-state index contributed by atoms with van der Waals surface area (Å²) in [5.74, 6) is -0.602. The summed E-state index contributed by atoms with van der Waals surface area (Å²) in [5.41, 5.74) is 0. The van der Waals surface area contributed by atoms with Crippen molar-refractivity contribution in [3.8, 4) is 0 Å². The van der Waals surface area contributed by atoms with Crippen LogP contribution < -0.4 is 4.90 Å². The Labute approximate surface area is 90.4 Å². The first-order chi connectivity index (χ1) is 8.87. The lowest BCUT2D eigenvalue weighted by molar-refractivity contribution is 0.141. The molecule has 1 N–H and O–H groups in total. The van der Waals surface area contributed by atoms with E-state index in [1.165, 1.54) is 0 Å². The maximum Gasteiger partial charge on any atom is 0.128 e. The van der Waals surface area contributed by atoms with E-state index in [2.05, 4.69) is 20.9 Å². The summed E-state index contributed by atoms with van der Waals surface area (Å²) in [6.45, 7) is -5.68. The summed E-state index contributed by atoms with van der Waals surface area (Å²) in [6, 6.07) is -1.05. The van der Waals surface area contributed by atoms with Crippen molar-refractivity contribution in [2.24, 2.45) is 0 Å². The van der Waals surface area contributed by atoms with Gasteiger partial charge in [0, 0.05) is 23.6 Å². The van der Waals surface area contributed by atoms with Gasteiger partial charge in [0.15, 0.2) is 0 Å². The van der Waals surface area contributed by atoms with E-state index in [-0.39, 0.29) is 4.47 Å². The molecule has 0 saturated carbocycles. The fourth-order valence-corrected chi connectivity index (χ4v) is 0.880. The Morgan fingerprint density at radius 1 is 1.83 bits per heavy atom. The molecule has 2 heterocycles. The molecule has 0 unspecified atom stereocenters. The number of hydrogen-bond donors (Lipinski definition) is 1. The summed E-state index contributed by atoms with van der Waals surface area (Å²) in [7, 11) is 0. The highest BCUT2D eigenvalue weighted by Gasteiger charge is 2.24. The smallest absolute Gasteiger partial charge is 0.128 e. The topological polar surface area (TPSA) is 36.4 Å². The highest BCUT2D eigenvalue weighted by molar-refractivity contribution is 9.10. The molecule has 3 nitrogen and oxygen atoms in total. The minimum Gasteiger partial charge on any atom is -0.389 e. The van der Waals surface area contributed by atoms with Gasteiger partial charge in [-0.05, 0) is 28.0 Å². The van der Waals surface area contributed by atoms with Gasteiger partial charge >= 0.3 is 0 Å². The predicted octanol–water partition coefficient (Wildman–Crippen LogP) is 1.02. The van der Waals surface area contributed by atoms with Crippen LogP contribution in [0.25, 0.3) is 0 Å². The first kappa shape index (κ1) is 2.96. The third kappa shape index (κ3) is 1.44. The van der Waals surface area contributed by atoms with Crippen molar-refractivity contribution < 1.29 is 16.1 Å². The summed E-state index contributed by atoms with van der Waals surface area (Å²) >= 11 is 2.88. The molecule has 1 aromatic rings.